The van der Waals surface area contributed by atoms with E-state index in [-0.39, 0.29) is 18.9 Å². The number of urea groups is 1. The number of anilines is 2. The van der Waals surface area contributed by atoms with Crippen molar-refractivity contribution < 1.29 is 9.59 Å². The van der Waals surface area contributed by atoms with E-state index in [1.165, 1.54) is 0 Å². The average Bonchev–Trinajstić information content (AvgIpc) is 3.11. The summed E-state index contributed by atoms with van der Waals surface area (Å²) >= 11 is 0. The van der Waals surface area contributed by atoms with Gasteiger partial charge in [-0.25, -0.2) is 9.48 Å². The molecule has 26 heavy (non-hydrogen) atoms. The lowest BCUT2D eigenvalue weighted by molar-refractivity contribution is -0.116. The van der Waals surface area contributed by atoms with Crippen molar-refractivity contribution in [3.05, 3.63) is 72.9 Å². The van der Waals surface area contributed by atoms with Crippen molar-refractivity contribution in [1.82, 2.24) is 15.1 Å². The molecular weight excluding hydrogens is 330 g/mol. The number of carbonyl (C=O) groups is 2. The van der Waals surface area contributed by atoms with Crippen molar-refractivity contribution in [2.75, 3.05) is 17.2 Å². The summed E-state index contributed by atoms with van der Waals surface area (Å²) in [5.41, 5.74) is 1.63. The maximum atomic E-state index is 11.9. The number of nitrogens with one attached hydrogen (secondary N) is 3. The normalized spacial score (nSPS) is 10.2. The molecule has 0 radical (unpaired) electrons. The first kappa shape index (κ1) is 17.2. The van der Waals surface area contributed by atoms with Crippen molar-refractivity contribution in [2.24, 2.45) is 0 Å². The smallest absolute Gasteiger partial charge is 0.320 e. The highest BCUT2D eigenvalue weighted by atomic mass is 16.2. The van der Waals surface area contributed by atoms with E-state index >= 15 is 0 Å². The van der Waals surface area contributed by atoms with E-state index in [0.29, 0.717) is 5.82 Å². The second-order valence-corrected chi connectivity index (χ2v) is 5.53. The summed E-state index contributed by atoms with van der Waals surface area (Å²) in [5.74, 6) is 0.268. The molecule has 132 valence electrons. The first-order chi connectivity index (χ1) is 12.7. The molecule has 0 spiro atoms. The van der Waals surface area contributed by atoms with E-state index in [1.807, 2.05) is 48.5 Å². The standard InChI is InChI=1S/C19H19N5O2/c25-18(21-15-7-3-1-4-8-15)11-13-20-19(26)22-17-12-14-24(23-17)16-9-5-2-6-10-16/h1-10,12,14H,11,13H2,(H,21,25)(H2,20,22,23,26). The number of carbonyl (C=O) groups excluding carboxylic acids is 2. The fourth-order valence-electron chi connectivity index (χ4n) is 2.31. The van der Waals surface area contributed by atoms with E-state index in [0.717, 1.165) is 11.4 Å². The van der Waals surface area contributed by atoms with Crippen LogP contribution in [0.15, 0.2) is 72.9 Å². The first-order valence-electron chi connectivity index (χ1n) is 8.21. The second kappa shape index (κ2) is 8.48. The molecule has 3 aromatic rings. The topological polar surface area (TPSA) is 88.1 Å². The van der Waals surface area contributed by atoms with Gasteiger partial charge in [0.05, 0.1) is 5.69 Å². The fourth-order valence-corrected chi connectivity index (χ4v) is 2.31. The quantitative estimate of drug-likeness (QED) is 0.639. The minimum absolute atomic E-state index is 0.162. The van der Waals surface area contributed by atoms with Crippen LogP contribution in [0, 0.1) is 0 Å². The predicted molar refractivity (Wildman–Crippen MR) is 100 cm³/mol. The van der Waals surface area contributed by atoms with Gasteiger partial charge >= 0.3 is 6.03 Å². The summed E-state index contributed by atoms with van der Waals surface area (Å²) in [6.45, 7) is 0.226. The highest BCUT2D eigenvalue weighted by Gasteiger charge is 2.07. The van der Waals surface area contributed by atoms with Crippen LogP contribution in [0.2, 0.25) is 0 Å². The fraction of sp³-hybridized carbons (Fsp3) is 0.105. The zero-order valence-corrected chi connectivity index (χ0v) is 14.1. The number of rotatable bonds is 6. The third kappa shape index (κ3) is 4.94. The molecule has 7 nitrogen and oxygen atoms in total. The van der Waals surface area contributed by atoms with Gasteiger partial charge in [-0.15, -0.1) is 5.10 Å². The zero-order chi connectivity index (χ0) is 18.2. The van der Waals surface area contributed by atoms with E-state index < -0.39 is 6.03 Å². The lowest BCUT2D eigenvalue weighted by Gasteiger charge is -2.07. The van der Waals surface area contributed by atoms with Gasteiger partial charge in [0.2, 0.25) is 5.91 Å². The number of nitrogens with zero attached hydrogens (tertiary/aromatic N) is 2. The van der Waals surface area contributed by atoms with Crippen LogP contribution in [-0.2, 0) is 4.79 Å². The van der Waals surface area contributed by atoms with E-state index in [1.54, 1.807) is 29.1 Å². The SMILES string of the molecule is O=C(CCNC(=O)Nc1ccn(-c2ccccc2)n1)Nc1ccccc1. The van der Waals surface area contributed by atoms with Gasteiger partial charge in [0.15, 0.2) is 5.82 Å². The van der Waals surface area contributed by atoms with Crippen molar-refractivity contribution in [2.45, 2.75) is 6.42 Å². The molecule has 0 atom stereocenters. The van der Waals surface area contributed by atoms with Crippen molar-refractivity contribution >= 4 is 23.4 Å². The van der Waals surface area contributed by atoms with Gasteiger partial charge in [-0.1, -0.05) is 36.4 Å². The summed E-state index contributed by atoms with van der Waals surface area (Å²) in [6, 6.07) is 20.1. The Bertz CT molecular complexity index is 862. The Morgan fingerprint density at radius 2 is 1.58 bits per heavy atom. The van der Waals surface area contributed by atoms with Crippen LogP contribution in [0.1, 0.15) is 6.42 Å². The van der Waals surface area contributed by atoms with Gasteiger partial charge in [-0.3, -0.25) is 10.1 Å². The molecule has 0 aliphatic carbocycles. The predicted octanol–water partition coefficient (Wildman–Crippen LogP) is 3.02. The van der Waals surface area contributed by atoms with Crippen molar-refractivity contribution in [1.29, 1.82) is 0 Å². The molecule has 0 saturated carbocycles. The van der Waals surface area contributed by atoms with Gasteiger partial charge in [0.1, 0.15) is 0 Å². The van der Waals surface area contributed by atoms with Crippen molar-refractivity contribution in [3.8, 4) is 5.69 Å². The number of hydrogen-bond donors (Lipinski definition) is 3. The highest BCUT2D eigenvalue weighted by Crippen LogP contribution is 2.09. The van der Waals surface area contributed by atoms with Crippen LogP contribution in [-0.4, -0.2) is 28.3 Å². The van der Waals surface area contributed by atoms with Crippen LogP contribution in [0.4, 0.5) is 16.3 Å². The van der Waals surface area contributed by atoms with Crippen LogP contribution in [0.5, 0.6) is 0 Å². The molecule has 0 aliphatic rings. The second-order valence-electron chi connectivity index (χ2n) is 5.53. The molecule has 7 heteroatoms. The van der Waals surface area contributed by atoms with Gasteiger partial charge in [-0.05, 0) is 24.3 Å². The molecule has 2 aromatic carbocycles. The van der Waals surface area contributed by atoms with Crippen LogP contribution < -0.4 is 16.0 Å². The molecule has 0 bridgehead atoms. The maximum Gasteiger partial charge on any atom is 0.320 e. The van der Waals surface area contributed by atoms with Crippen LogP contribution >= 0.6 is 0 Å². The van der Waals surface area contributed by atoms with E-state index in [9.17, 15) is 9.59 Å². The molecule has 0 aliphatic heterocycles. The lowest BCUT2D eigenvalue weighted by Crippen LogP contribution is -2.31. The Morgan fingerprint density at radius 3 is 2.31 bits per heavy atom. The Labute approximate surface area is 151 Å². The Balaban J connectivity index is 1.42. The molecule has 1 aromatic heterocycles. The number of para-hydroxylation sites is 2. The number of hydrogen-bond acceptors (Lipinski definition) is 3. The third-order valence-corrected chi connectivity index (χ3v) is 3.55. The summed E-state index contributed by atoms with van der Waals surface area (Å²) < 4.78 is 1.67. The summed E-state index contributed by atoms with van der Waals surface area (Å²) in [7, 11) is 0. The molecule has 3 N–H and O–H groups in total. The number of benzene rings is 2. The number of amides is 3. The Hall–Kier alpha value is -3.61. The Kier molecular flexibility index (Phi) is 5.61. The van der Waals surface area contributed by atoms with E-state index in [2.05, 4.69) is 21.0 Å². The summed E-state index contributed by atoms with van der Waals surface area (Å²) in [4.78, 5) is 23.7. The third-order valence-electron chi connectivity index (χ3n) is 3.55. The van der Waals surface area contributed by atoms with Crippen LogP contribution in [0.25, 0.3) is 5.69 Å². The molecule has 3 rings (SSSR count). The molecular formula is C19H19N5O2. The average molecular weight is 349 g/mol. The molecule has 3 amide bonds. The Morgan fingerprint density at radius 1 is 0.885 bits per heavy atom. The summed E-state index contributed by atoms with van der Waals surface area (Å²) in [5, 5.41) is 12.3. The molecule has 0 unspecified atom stereocenters. The van der Waals surface area contributed by atoms with Gasteiger partial charge in [-0.2, -0.15) is 0 Å². The van der Waals surface area contributed by atoms with Gasteiger partial charge in [0.25, 0.3) is 0 Å². The number of aromatic nitrogens is 2. The monoisotopic (exact) mass is 349 g/mol. The maximum absolute atomic E-state index is 11.9. The molecule has 0 fully saturated rings. The first-order valence-corrected chi connectivity index (χ1v) is 8.21. The zero-order valence-electron chi connectivity index (χ0n) is 14.1. The van der Waals surface area contributed by atoms with Crippen molar-refractivity contribution in [3.63, 3.8) is 0 Å². The minimum Gasteiger partial charge on any atom is -0.337 e. The summed E-state index contributed by atoms with van der Waals surface area (Å²) in [6.07, 6.45) is 1.94. The van der Waals surface area contributed by atoms with E-state index in [4.69, 9.17) is 0 Å². The molecule has 1 heterocycles. The minimum atomic E-state index is -0.407. The molecule has 0 saturated heterocycles. The van der Waals surface area contributed by atoms with Crippen LogP contribution in [0.3, 0.4) is 0 Å². The lowest BCUT2D eigenvalue weighted by atomic mass is 10.3. The largest absolute Gasteiger partial charge is 0.337 e. The van der Waals surface area contributed by atoms with Gasteiger partial charge < -0.3 is 10.6 Å². The van der Waals surface area contributed by atoms with Gasteiger partial charge in [0, 0.05) is 30.9 Å². The highest BCUT2D eigenvalue weighted by molar-refractivity contribution is 5.92.